The quantitative estimate of drug-likeness (QED) is 0.769. The average molecular weight is 396 g/mol. The summed E-state index contributed by atoms with van der Waals surface area (Å²) in [5.74, 6) is -1.84. The number of hydrogen-bond acceptors (Lipinski definition) is 3. The third kappa shape index (κ3) is 4.21. The van der Waals surface area contributed by atoms with Crippen LogP contribution in [0.2, 0.25) is 0 Å². The lowest BCUT2D eigenvalue weighted by Crippen LogP contribution is -2.27. The Hall–Kier alpha value is -1.08. The topological polar surface area (TPSA) is 83.8 Å². The maximum atomic E-state index is 11.0. The van der Waals surface area contributed by atoms with Crippen LogP contribution in [0, 0.1) is 0 Å². The van der Waals surface area contributed by atoms with Crippen molar-refractivity contribution in [3.8, 4) is 5.75 Å². The van der Waals surface area contributed by atoms with Gasteiger partial charge in [0.05, 0.1) is 14.5 Å². The average Bonchev–Trinajstić information content (AvgIpc) is 2.31. The van der Waals surface area contributed by atoms with Gasteiger partial charge in [-0.15, -0.1) is 0 Å². The Labute approximate surface area is 126 Å². The van der Waals surface area contributed by atoms with E-state index in [-0.39, 0.29) is 11.3 Å². The minimum absolute atomic E-state index is 0.0773. The molecular formula is C12H12Br2O5. The fourth-order valence-electron chi connectivity index (χ4n) is 1.43. The molecule has 7 heteroatoms. The van der Waals surface area contributed by atoms with Crippen molar-refractivity contribution in [3.05, 3.63) is 26.6 Å². The molecule has 1 atom stereocenters. The lowest BCUT2D eigenvalue weighted by Gasteiger charge is -2.17. The Morgan fingerprint density at radius 3 is 2.16 bits per heavy atom. The minimum Gasteiger partial charge on any atom is -0.479 e. The SMILES string of the molecule is CCCC(Oc1c(Br)cc(C(=O)O)cc1Br)C(=O)O. The first kappa shape index (κ1) is 16.0. The van der Waals surface area contributed by atoms with Gasteiger partial charge in [-0.25, -0.2) is 9.59 Å². The summed E-state index contributed by atoms with van der Waals surface area (Å²) in [5, 5.41) is 17.9. The van der Waals surface area contributed by atoms with E-state index in [9.17, 15) is 9.59 Å². The molecular weight excluding hydrogens is 384 g/mol. The van der Waals surface area contributed by atoms with Gasteiger partial charge in [-0.3, -0.25) is 0 Å². The molecule has 0 heterocycles. The van der Waals surface area contributed by atoms with Crippen molar-refractivity contribution >= 4 is 43.8 Å². The first-order valence-electron chi connectivity index (χ1n) is 5.48. The molecule has 0 aromatic heterocycles. The van der Waals surface area contributed by atoms with Crippen LogP contribution >= 0.6 is 31.9 Å². The fraction of sp³-hybridized carbons (Fsp3) is 0.333. The van der Waals surface area contributed by atoms with Crippen molar-refractivity contribution in [1.82, 2.24) is 0 Å². The van der Waals surface area contributed by atoms with E-state index in [2.05, 4.69) is 31.9 Å². The Morgan fingerprint density at radius 1 is 1.26 bits per heavy atom. The van der Waals surface area contributed by atoms with Crippen molar-refractivity contribution in [2.45, 2.75) is 25.9 Å². The third-order valence-corrected chi connectivity index (χ3v) is 3.51. The van der Waals surface area contributed by atoms with Gasteiger partial charge < -0.3 is 14.9 Å². The van der Waals surface area contributed by atoms with Crippen molar-refractivity contribution in [2.24, 2.45) is 0 Å². The number of carbonyl (C=O) groups is 2. The molecule has 104 valence electrons. The maximum absolute atomic E-state index is 11.0. The third-order valence-electron chi connectivity index (χ3n) is 2.33. The monoisotopic (exact) mass is 394 g/mol. The van der Waals surface area contributed by atoms with Crippen molar-refractivity contribution < 1.29 is 24.5 Å². The smallest absolute Gasteiger partial charge is 0.344 e. The summed E-state index contributed by atoms with van der Waals surface area (Å²) in [6.07, 6.45) is 0.0715. The van der Waals surface area contributed by atoms with Crippen molar-refractivity contribution in [3.63, 3.8) is 0 Å². The highest BCUT2D eigenvalue weighted by Crippen LogP contribution is 2.35. The molecule has 0 aliphatic heterocycles. The molecule has 0 amide bonds. The van der Waals surface area contributed by atoms with Gasteiger partial charge in [0.15, 0.2) is 6.10 Å². The zero-order chi connectivity index (χ0) is 14.6. The number of carboxylic acid groups (broad SMARTS) is 2. The summed E-state index contributed by atoms with van der Waals surface area (Å²) in [7, 11) is 0. The second-order valence-corrected chi connectivity index (χ2v) is 5.52. The number of ether oxygens (including phenoxy) is 1. The molecule has 2 N–H and O–H groups in total. The van der Waals surface area contributed by atoms with Crippen LogP contribution in [-0.2, 0) is 4.79 Å². The Morgan fingerprint density at radius 2 is 1.79 bits per heavy atom. The number of aromatic carboxylic acids is 1. The number of carboxylic acids is 2. The highest BCUT2D eigenvalue weighted by atomic mass is 79.9. The summed E-state index contributed by atoms with van der Waals surface area (Å²) < 4.78 is 6.21. The number of halogens is 2. The van der Waals surface area contributed by atoms with Gasteiger partial charge in [0.2, 0.25) is 0 Å². The first-order chi connectivity index (χ1) is 8.86. The van der Waals surface area contributed by atoms with Gasteiger partial charge in [0.25, 0.3) is 0 Å². The fourth-order valence-corrected chi connectivity index (χ4v) is 2.81. The van der Waals surface area contributed by atoms with Gasteiger partial charge >= 0.3 is 11.9 Å². The Kier molecular flexibility index (Phi) is 5.81. The highest BCUT2D eigenvalue weighted by Gasteiger charge is 2.22. The van der Waals surface area contributed by atoms with Crippen LogP contribution < -0.4 is 4.74 Å². The van der Waals surface area contributed by atoms with Crippen molar-refractivity contribution in [2.75, 3.05) is 0 Å². The predicted molar refractivity (Wildman–Crippen MR) is 75.8 cm³/mol. The second-order valence-electron chi connectivity index (χ2n) is 3.81. The lowest BCUT2D eigenvalue weighted by molar-refractivity contribution is -0.145. The van der Waals surface area contributed by atoms with Crippen LogP contribution in [0.25, 0.3) is 0 Å². The van der Waals surface area contributed by atoms with E-state index < -0.39 is 18.0 Å². The van der Waals surface area contributed by atoms with Crippen LogP contribution in [0.4, 0.5) is 0 Å². The molecule has 1 aromatic carbocycles. The van der Waals surface area contributed by atoms with Crippen LogP contribution in [0.5, 0.6) is 5.75 Å². The number of aliphatic carboxylic acids is 1. The molecule has 0 aliphatic carbocycles. The highest BCUT2D eigenvalue weighted by molar-refractivity contribution is 9.11. The van der Waals surface area contributed by atoms with Gasteiger partial charge in [-0.2, -0.15) is 0 Å². The molecule has 0 saturated heterocycles. The standard InChI is InChI=1S/C12H12Br2O5/c1-2-3-9(12(17)18)19-10-7(13)4-6(11(15)16)5-8(10)14/h4-5,9H,2-3H2,1H3,(H,15,16)(H,17,18). The second kappa shape index (κ2) is 6.91. The summed E-state index contributed by atoms with van der Waals surface area (Å²) in [4.78, 5) is 21.9. The van der Waals surface area contributed by atoms with E-state index in [1.54, 1.807) is 0 Å². The lowest BCUT2D eigenvalue weighted by atomic mass is 10.2. The van der Waals surface area contributed by atoms with E-state index in [4.69, 9.17) is 14.9 Å². The Bertz CT molecular complexity index is 478. The molecule has 0 radical (unpaired) electrons. The number of hydrogen-bond donors (Lipinski definition) is 2. The Balaban J connectivity index is 3.07. The zero-order valence-corrected chi connectivity index (χ0v) is 13.2. The van der Waals surface area contributed by atoms with Gasteiger partial charge in [-0.1, -0.05) is 13.3 Å². The molecule has 0 aliphatic rings. The molecule has 0 bridgehead atoms. The molecule has 0 saturated carbocycles. The van der Waals surface area contributed by atoms with Gasteiger partial charge in [0, 0.05) is 0 Å². The number of benzene rings is 1. The molecule has 19 heavy (non-hydrogen) atoms. The van der Waals surface area contributed by atoms with Crippen LogP contribution in [-0.4, -0.2) is 28.3 Å². The largest absolute Gasteiger partial charge is 0.479 e. The van der Waals surface area contributed by atoms with Gasteiger partial charge in [0.1, 0.15) is 5.75 Å². The molecule has 0 fully saturated rings. The van der Waals surface area contributed by atoms with Gasteiger partial charge in [-0.05, 0) is 50.4 Å². The zero-order valence-electron chi connectivity index (χ0n) is 10.0. The van der Waals surface area contributed by atoms with Crippen molar-refractivity contribution in [1.29, 1.82) is 0 Å². The summed E-state index contributed by atoms with van der Waals surface area (Å²) >= 11 is 6.37. The van der Waals surface area contributed by atoms with E-state index in [0.29, 0.717) is 21.8 Å². The predicted octanol–water partition coefficient (Wildman–Crippen LogP) is 3.54. The summed E-state index contributed by atoms with van der Waals surface area (Å²) in [6, 6.07) is 2.74. The first-order valence-corrected chi connectivity index (χ1v) is 7.07. The maximum Gasteiger partial charge on any atom is 0.344 e. The summed E-state index contributed by atoms with van der Waals surface area (Å²) in [6.45, 7) is 1.86. The van der Waals surface area contributed by atoms with E-state index in [1.165, 1.54) is 12.1 Å². The molecule has 1 rings (SSSR count). The summed E-state index contributed by atoms with van der Waals surface area (Å²) in [5.41, 5.74) is 0.0773. The van der Waals surface area contributed by atoms with E-state index >= 15 is 0 Å². The van der Waals surface area contributed by atoms with Crippen LogP contribution in [0.15, 0.2) is 21.1 Å². The molecule has 0 spiro atoms. The minimum atomic E-state index is -1.07. The molecule has 1 unspecified atom stereocenters. The molecule has 1 aromatic rings. The normalized spacial score (nSPS) is 11.9. The van der Waals surface area contributed by atoms with E-state index in [0.717, 1.165) is 0 Å². The van der Waals surface area contributed by atoms with E-state index in [1.807, 2.05) is 6.92 Å². The number of rotatable bonds is 6. The molecule has 5 nitrogen and oxygen atoms in total. The van der Waals surface area contributed by atoms with Crippen LogP contribution in [0.1, 0.15) is 30.1 Å². The van der Waals surface area contributed by atoms with Crippen LogP contribution in [0.3, 0.4) is 0 Å².